The third-order valence-electron chi connectivity index (χ3n) is 4.53. The molecule has 102 valence electrons. The minimum Gasteiger partial charge on any atom is -0.455 e. The van der Waals surface area contributed by atoms with Crippen LogP contribution in [0.25, 0.3) is 0 Å². The summed E-state index contributed by atoms with van der Waals surface area (Å²) in [6, 6.07) is 0. The lowest BCUT2D eigenvalue weighted by Crippen LogP contribution is -2.30. The lowest BCUT2D eigenvalue weighted by Gasteiger charge is -2.18. The molecule has 0 aromatic heterocycles. The number of ketones is 1. The zero-order chi connectivity index (χ0) is 13.8. The van der Waals surface area contributed by atoms with Gasteiger partial charge in [0.25, 0.3) is 0 Å². The van der Waals surface area contributed by atoms with E-state index in [9.17, 15) is 9.59 Å². The maximum atomic E-state index is 12.1. The normalized spacial score (nSPS) is 42.1. The Kier molecular flexibility index (Phi) is 2.68. The quantitative estimate of drug-likeness (QED) is 0.380. The van der Waals surface area contributed by atoms with E-state index < -0.39 is 0 Å². The van der Waals surface area contributed by atoms with Crippen molar-refractivity contribution in [3.05, 3.63) is 23.8 Å². The summed E-state index contributed by atoms with van der Waals surface area (Å²) in [5.41, 5.74) is 0.934. The molecular formula is C15H18O4. The molecule has 19 heavy (non-hydrogen) atoms. The predicted molar refractivity (Wildman–Crippen MR) is 68.4 cm³/mol. The van der Waals surface area contributed by atoms with Gasteiger partial charge < -0.3 is 9.47 Å². The van der Waals surface area contributed by atoms with Crippen LogP contribution in [-0.2, 0) is 19.1 Å². The smallest absolute Gasteiger partial charge is 0.334 e. The lowest BCUT2D eigenvalue weighted by molar-refractivity contribution is -0.140. The van der Waals surface area contributed by atoms with Crippen molar-refractivity contribution in [3.8, 4) is 0 Å². The van der Waals surface area contributed by atoms with Crippen molar-refractivity contribution >= 4 is 11.8 Å². The molecule has 0 N–H and O–H groups in total. The summed E-state index contributed by atoms with van der Waals surface area (Å²) in [7, 11) is 0. The number of ether oxygens (including phenoxy) is 2. The zero-order valence-corrected chi connectivity index (χ0v) is 11.3. The van der Waals surface area contributed by atoms with Gasteiger partial charge in [0.15, 0.2) is 5.78 Å². The maximum absolute atomic E-state index is 12.1. The van der Waals surface area contributed by atoms with Gasteiger partial charge in [-0.05, 0) is 32.3 Å². The molecule has 4 atom stereocenters. The Hall–Kier alpha value is -1.42. The first kappa shape index (κ1) is 12.6. The molecule has 2 saturated heterocycles. The highest BCUT2D eigenvalue weighted by molar-refractivity contribution is 5.98. The van der Waals surface area contributed by atoms with Crippen molar-refractivity contribution in [1.29, 1.82) is 0 Å². The van der Waals surface area contributed by atoms with Crippen molar-refractivity contribution in [2.45, 2.75) is 50.9 Å². The molecule has 3 aliphatic rings. The monoisotopic (exact) mass is 262 g/mol. The number of hydrogen-bond donors (Lipinski definition) is 0. The van der Waals surface area contributed by atoms with E-state index in [2.05, 4.69) is 6.58 Å². The number of carbonyl (C=O) groups is 2. The second-order valence-electron chi connectivity index (χ2n) is 5.91. The molecule has 0 amide bonds. The van der Waals surface area contributed by atoms with Gasteiger partial charge in [0.2, 0.25) is 0 Å². The minimum atomic E-state index is -0.387. The van der Waals surface area contributed by atoms with E-state index in [1.165, 1.54) is 0 Å². The summed E-state index contributed by atoms with van der Waals surface area (Å²) >= 11 is 0. The van der Waals surface area contributed by atoms with Crippen LogP contribution in [-0.4, -0.2) is 29.6 Å². The Morgan fingerprint density at radius 3 is 2.89 bits per heavy atom. The van der Waals surface area contributed by atoms with E-state index in [0.717, 1.165) is 18.4 Å². The molecule has 0 radical (unpaired) electrons. The van der Waals surface area contributed by atoms with E-state index in [1.54, 1.807) is 0 Å². The van der Waals surface area contributed by atoms with E-state index in [4.69, 9.17) is 9.47 Å². The average molecular weight is 262 g/mol. The number of esters is 1. The summed E-state index contributed by atoms with van der Waals surface area (Å²) < 4.78 is 11.1. The molecule has 2 heterocycles. The van der Waals surface area contributed by atoms with Crippen LogP contribution >= 0.6 is 0 Å². The highest BCUT2D eigenvalue weighted by Crippen LogP contribution is 2.49. The molecule has 0 spiro atoms. The fraction of sp³-hybridized carbons (Fsp3) is 0.600. The van der Waals surface area contributed by atoms with Crippen LogP contribution in [0.4, 0.5) is 0 Å². The summed E-state index contributed by atoms with van der Waals surface area (Å²) in [6.07, 6.45) is 3.47. The molecule has 0 aromatic carbocycles. The van der Waals surface area contributed by atoms with Gasteiger partial charge in [-0.2, -0.15) is 0 Å². The first-order valence-electron chi connectivity index (χ1n) is 6.70. The summed E-state index contributed by atoms with van der Waals surface area (Å²) in [6.45, 7) is 7.64. The molecule has 4 nitrogen and oxygen atoms in total. The van der Waals surface area contributed by atoms with Gasteiger partial charge in [0.05, 0.1) is 5.60 Å². The van der Waals surface area contributed by atoms with E-state index in [0.29, 0.717) is 5.57 Å². The predicted octanol–water partition coefficient (Wildman–Crippen LogP) is 1.94. The van der Waals surface area contributed by atoms with Crippen molar-refractivity contribution in [2.24, 2.45) is 5.92 Å². The topological polar surface area (TPSA) is 55.9 Å². The van der Waals surface area contributed by atoms with Gasteiger partial charge >= 0.3 is 5.97 Å². The number of hydrogen-bond acceptors (Lipinski definition) is 4. The largest absolute Gasteiger partial charge is 0.455 e. The molecule has 2 fully saturated rings. The Morgan fingerprint density at radius 1 is 1.42 bits per heavy atom. The van der Waals surface area contributed by atoms with Crippen LogP contribution in [0, 0.1) is 5.92 Å². The number of rotatable bonds is 0. The Bertz CT molecular complexity index is 504. The molecular weight excluding hydrogens is 244 g/mol. The third kappa shape index (κ3) is 1.94. The number of carbonyl (C=O) groups excluding carboxylic acids is 2. The number of Topliss-reactive ketones (excluding diaryl/α,β-unsaturated/α-hetero) is 1. The van der Waals surface area contributed by atoms with Crippen molar-refractivity contribution < 1.29 is 19.1 Å². The van der Waals surface area contributed by atoms with E-state index in [1.807, 2.05) is 19.9 Å². The second-order valence-corrected chi connectivity index (χ2v) is 5.91. The lowest BCUT2D eigenvalue weighted by atomic mass is 9.83. The number of epoxide rings is 1. The fourth-order valence-electron chi connectivity index (χ4n) is 3.06. The van der Waals surface area contributed by atoms with Gasteiger partial charge in [-0.15, -0.1) is 0 Å². The standard InChI is InChI=1S/C15H18O4/c1-8-5-4-6-15(3)13(19-15)12-10(7-11(8)16)9(2)14(17)18-12/h5,10,12-13H,2,4,6-7H2,1,3H3/t10-,12-,13+,15+/m0/s1. The summed E-state index contributed by atoms with van der Waals surface area (Å²) in [5, 5.41) is 0. The number of allylic oxidation sites excluding steroid dienone is 2. The van der Waals surface area contributed by atoms with E-state index >= 15 is 0 Å². The second kappa shape index (κ2) is 4.04. The van der Waals surface area contributed by atoms with Crippen molar-refractivity contribution in [2.75, 3.05) is 0 Å². The number of fused-ring (bicyclic) bond motifs is 3. The Labute approximate surface area is 112 Å². The van der Waals surface area contributed by atoms with Gasteiger partial charge in [-0.1, -0.05) is 12.7 Å². The van der Waals surface area contributed by atoms with E-state index in [-0.39, 0.29) is 41.9 Å². The molecule has 1 aliphatic carbocycles. The van der Waals surface area contributed by atoms with Crippen LogP contribution < -0.4 is 0 Å². The minimum absolute atomic E-state index is 0.0682. The molecule has 2 aliphatic heterocycles. The first-order chi connectivity index (χ1) is 8.92. The van der Waals surface area contributed by atoms with Crippen LogP contribution in [0.1, 0.15) is 33.1 Å². The molecule has 0 bridgehead atoms. The summed E-state index contributed by atoms with van der Waals surface area (Å²) in [4.78, 5) is 23.8. The van der Waals surface area contributed by atoms with Crippen molar-refractivity contribution in [3.63, 3.8) is 0 Å². The van der Waals surface area contributed by atoms with Crippen molar-refractivity contribution in [1.82, 2.24) is 0 Å². The first-order valence-corrected chi connectivity index (χ1v) is 6.70. The van der Waals surface area contributed by atoms with Gasteiger partial charge in [-0.25, -0.2) is 4.79 Å². The maximum Gasteiger partial charge on any atom is 0.334 e. The third-order valence-corrected chi connectivity index (χ3v) is 4.53. The van der Waals surface area contributed by atoms with Crippen LogP contribution in [0.2, 0.25) is 0 Å². The highest BCUT2D eigenvalue weighted by Gasteiger charge is 2.61. The molecule has 0 aromatic rings. The fourth-order valence-corrected chi connectivity index (χ4v) is 3.06. The Morgan fingerprint density at radius 2 is 2.16 bits per heavy atom. The Balaban J connectivity index is 1.93. The summed E-state index contributed by atoms with van der Waals surface area (Å²) in [5.74, 6) is -0.562. The van der Waals surface area contributed by atoms with Crippen LogP contribution in [0.3, 0.4) is 0 Å². The molecule has 0 saturated carbocycles. The highest BCUT2D eigenvalue weighted by atomic mass is 16.6. The van der Waals surface area contributed by atoms with Gasteiger partial charge in [-0.3, -0.25) is 4.79 Å². The molecule has 0 unspecified atom stereocenters. The average Bonchev–Trinajstić information content (AvgIpc) is 2.95. The van der Waals surface area contributed by atoms with Crippen LogP contribution in [0.15, 0.2) is 23.8 Å². The van der Waals surface area contributed by atoms with Crippen LogP contribution in [0.5, 0.6) is 0 Å². The zero-order valence-electron chi connectivity index (χ0n) is 11.3. The molecule has 3 rings (SSSR count). The SMILES string of the molecule is C=C1C(=O)O[C@@H]2[C@H]3O[C@]3(C)CCC=C(C)C(=O)C[C@@H]12. The molecule has 4 heteroatoms. The van der Waals surface area contributed by atoms with Gasteiger partial charge in [0, 0.05) is 17.9 Å². The van der Waals surface area contributed by atoms with Gasteiger partial charge in [0.1, 0.15) is 12.2 Å².